The van der Waals surface area contributed by atoms with Gasteiger partial charge in [0, 0.05) is 5.56 Å². The fraction of sp³-hybridized carbons (Fsp3) is 0.238. The molecule has 0 unspecified atom stereocenters. The largest absolute Gasteiger partial charge is 0.493 e. The molecule has 0 fully saturated rings. The minimum absolute atomic E-state index is 0.278. The third-order valence-electron chi connectivity index (χ3n) is 3.46. The molecule has 6 nitrogen and oxygen atoms in total. The number of ether oxygens (including phenoxy) is 2. The lowest BCUT2D eigenvalue weighted by atomic mass is 10.2. The molecule has 2 aromatic carbocycles. The number of hydrazine groups is 1. The molecule has 0 aliphatic rings. The van der Waals surface area contributed by atoms with Gasteiger partial charge < -0.3 is 9.47 Å². The van der Waals surface area contributed by atoms with E-state index in [-0.39, 0.29) is 6.61 Å². The van der Waals surface area contributed by atoms with Crippen LogP contribution in [0.3, 0.4) is 0 Å². The highest BCUT2D eigenvalue weighted by atomic mass is 16.5. The van der Waals surface area contributed by atoms with Gasteiger partial charge in [0.1, 0.15) is 18.1 Å². The molecule has 0 atom stereocenters. The number of rotatable bonds is 8. The van der Waals surface area contributed by atoms with Crippen LogP contribution < -0.4 is 20.3 Å². The SMILES string of the molecule is C=CCOc1ccccc1C(=O)NNC(=O)c1cccc(OCC(C)C)c1. The number of hydrogen-bond acceptors (Lipinski definition) is 4. The van der Waals surface area contributed by atoms with E-state index in [1.54, 1.807) is 54.6 Å². The molecule has 27 heavy (non-hydrogen) atoms. The Balaban J connectivity index is 1.98. The van der Waals surface area contributed by atoms with Gasteiger partial charge in [0.15, 0.2) is 0 Å². The summed E-state index contributed by atoms with van der Waals surface area (Å²) >= 11 is 0. The molecule has 0 radical (unpaired) electrons. The van der Waals surface area contributed by atoms with Gasteiger partial charge in [-0.15, -0.1) is 0 Å². The molecule has 0 bridgehead atoms. The first-order valence-corrected chi connectivity index (χ1v) is 8.67. The first kappa shape index (κ1) is 20.0. The molecule has 0 saturated carbocycles. The molecular formula is C21H24N2O4. The van der Waals surface area contributed by atoms with Crippen molar-refractivity contribution in [3.63, 3.8) is 0 Å². The van der Waals surface area contributed by atoms with Crippen molar-refractivity contribution in [1.29, 1.82) is 0 Å². The summed E-state index contributed by atoms with van der Waals surface area (Å²) in [5.41, 5.74) is 5.50. The van der Waals surface area contributed by atoms with Gasteiger partial charge in [-0.1, -0.05) is 44.7 Å². The molecule has 2 N–H and O–H groups in total. The van der Waals surface area contributed by atoms with Gasteiger partial charge >= 0.3 is 0 Å². The first-order chi connectivity index (χ1) is 13.0. The van der Waals surface area contributed by atoms with Crippen LogP contribution in [0.1, 0.15) is 34.6 Å². The number of hydrogen-bond donors (Lipinski definition) is 2. The zero-order valence-electron chi connectivity index (χ0n) is 15.5. The second-order valence-corrected chi connectivity index (χ2v) is 6.24. The van der Waals surface area contributed by atoms with Crippen LogP contribution in [-0.2, 0) is 0 Å². The summed E-state index contributed by atoms with van der Waals surface area (Å²) in [4.78, 5) is 24.7. The van der Waals surface area contributed by atoms with Crippen LogP contribution in [0.15, 0.2) is 61.2 Å². The maximum absolute atomic E-state index is 12.4. The molecule has 0 spiro atoms. The van der Waals surface area contributed by atoms with Gasteiger partial charge in [-0.05, 0) is 36.2 Å². The van der Waals surface area contributed by atoms with Gasteiger partial charge in [-0.3, -0.25) is 20.4 Å². The van der Waals surface area contributed by atoms with Crippen LogP contribution in [-0.4, -0.2) is 25.0 Å². The average Bonchev–Trinajstić information content (AvgIpc) is 2.69. The fourth-order valence-corrected chi connectivity index (χ4v) is 2.17. The summed E-state index contributed by atoms with van der Waals surface area (Å²) in [5, 5.41) is 0. The fourth-order valence-electron chi connectivity index (χ4n) is 2.17. The Bertz CT molecular complexity index is 802. The van der Waals surface area contributed by atoms with Crippen molar-refractivity contribution < 1.29 is 19.1 Å². The smallest absolute Gasteiger partial charge is 0.273 e. The van der Waals surface area contributed by atoms with Crippen molar-refractivity contribution in [2.24, 2.45) is 5.92 Å². The second-order valence-electron chi connectivity index (χ2n) is 6.24. The molecule has 0 aromatic heterocycles. The van der Waals surface area contributed by atoms with Crippen LogP contribution in [0.2, 0.25) is 0 Å². The third kappa shape index (κ3) is 6.18. The minimum Gasteiger partial charge on any atom is -0.493 e. The standard InChI is InChI=1S/C21H24N2O4/c1-4-12-26-19-11-6-5-10-18(19)21(25)23-22-20(24)16-8-7-9-17(13-16)27-14-15(2)3/h4-11,13,15H,1,12,14H2,2-3H3,(H,22,24)(H,23,25). The van der Waals surface area contributed by atoms with E-state index in [0.717, 1.165) is 0 Å². The maximum Gasteiger partial charge on any atom is 0.273 e. The number of para-hydroxylation sites is 1. The van der Waals surface area contributed by atoms with Crippen molar-refractivity contribution in [1.82, 2.24) is 10.9 Å². The van der Waals surface area contributed by atoms with Crippen molar-refractivity contribution in [2.75, 3.05) is 13.2 Å². The average molecular weight is 368 g/mol. The molecule has 0 saturated heterocycles. The van der Waals surface area contributed by atoms with E-state index in [9.17, 15) is 9.59 Å². The normalized spacial score (nSPS) is 10.2. The molecule has 0 aliphatic heterocycles. The van der Waals surface area contributed by atoms with Crippen LogP contribution >= 0.6 is 0 Å². The van der Waals surface area contributed by atoms with Gasteiger partial charge in [0.2, 0.25) is 0 Å². The Hall–Kier alpha value is -3.28. The van der Waals surface area contributed by atoms with E-state index in [0.29, 0.717) is 35.2 Å². The van der Waals surface area contributed by atoms with E-state index in [2.05, 4.69) is 17.4 Å². The lowest BCUT2D eigenvalue weighted by molar-refractivity contribution is 0.0844. The quantitative estimate of drug-likeness (QED) is 0.553. The number of benzene rings is 2. The van der Waals surface area contributed by atoms with Crippen molar-refractivity contribution in [3.8, 4) is 11.5 Å². The van der Waals surface area contributed by atoms with Crippen LogP contribution in [0.25, 0.3) is 0 Å². The van der Waals surface area contributed by atoms with Crippen LogP contribution in [0.4, 0.5) is 0 Å². The van der Waals surface area contributed by atoms with Crippen molar-refractivity contribution >= 4 is 11.8 Å². The van der Waals surface area contributed by atoms with Crippen LogP contribution in [0, 0.1) is 5.92 Å². The highest BCUT2D eigenvalue weighted by molar-refractivity contribution is 6.00. The Morgan fingerprint density at radius 1 is 1.04 bits per heavy atom. The molecule has 2 rings (SSSR count). The van der Waals surface area contributed by atoms with Gasteiger partial charge in [-0.2, -0.15) is 0 Å². The Kier molecular flexibility index (Phi) is 7.43. The summed E-state index contributed by atoms with van der Waals surface area (Å²) in [6.07, 6.45) is 1.59. The molecule has 142 valence electrons. The second kappa shape index (κ2) is 10.0. The van der Waals surface area contributed by atoms with E-state index >= 15 is 0 Å². The van der Waals surface area contributed by atoms with Gasteiger partial charge in [-0.25, -0.2) is 0 Å². The predicted molar refractivity (Wildman–Crippen MR) is 104 cm³/mol. The highest BCUT2D eigenvalue weighted by Crippen LogP contribution is 2.18. The molecule has 6 heteroatoms. The van der Waals surface area contributed by atoms with E-state index in [1.807, 2.05) is 13.8 Å². The Morgan fingerprint density at radius 3 is 2.52 bits per heavy atom. The van der Waals surface area contributed by atoms with E-state index < -0.39 is 11.8 Å². The maximum atomic E-state index is 12.4. The monoisotopic (exact) mass is 368 g/mol. The zero-order valence-corrected chi connectivity index (χ0v) is 15.5. The van der Waals surface area contributed by atoms with Crippen LogP contribution in [0.5, 0.6) is 11.5 Å². The Labute approximate surface area is 159 Å². The number of carbonyl (C=O) groups excluding carboxylic acids is 2. The van der Waals surface area contributed by atoms with Gasteiger partial charge in [0.25, 0.3) is 11.8 Å². The zero-order chi connectivity index (χ0) is 19.6. The lowest BCUT2D eigenvalue weighted by Gasteiger charge is -2.12. The number of nitrogens with one attached hydrogen (secondary N) is 2. The van der Waals surface area contributed by atoms with Crippen molar-refractivity contribution in [2.45, 2.75) is 13.8 Å². The lowest BCUT2D eigenvalue weighted by Crippen LogP contribution is -2.41. The Morgan fingerprint density at radius 2 is 1.78 bits per heavy atom. The summed E-state index contributed by atoms with van der Waals surface area (Å²) in [5.74, 6) is 0.474. The molecule has 0 aliphatic carbocycles. The summed E-state index contributed by atoms with van der Waals surface area (Å²) in [6, 6.07) is 13.5. The minimum atomic E-state index is -0.477. The van der Waals surface area contributed by atoms with Gasteiger partial charge in [0.05, 0.1) is 12.2 Å². The summed E-state index contributed by atoms with van der Waals surface area (Å²) in [6.45, 7) is 8.51. The van der Waals surface area contributed by atoms with E-state index in [4.69, 9.17) is 9.47 Å². The topological polar surface area (TPSA) is 76.7 Å². The van der Waals surface area contributed by atoms with Crippen molar-refractivity contribution in [3.05, 3.63) is 72.3 Å². The number of carbonyl (C=O) groups is 2. The molecular weight excluding hydrogens is 344 g/mol. The predicted octanol–water partition coefficient (Wildman–Crippen LogP) is 3.36. The first-order valence-electron chi connectivity index (χ1n) is 8.67. The highest BCUT2D eigenvalue weighted by Gasteiger charge is 2.14. The molecule has 2 aromatic rings. The molecule has 0 heterocycles. The number of amides is 2. The van der Waals surface area contributed by atoms with E-state index in [1.165, 1.54) is 0 Å². The third-order valence-corrected chi connectivity index (χ3v) is 3.46. The summed E-state index contributed by atoms with van der Waals surface area (Å²) in [7, 11) is 0. The molecule has 2 amide bonds. The summed E-state index contributed by atoms with van der Waals surface area (Å²) < 4.78 is 11.1.